The van der Waals surface area contributed by atoms with Crippen LogP contribution in [0.1, 0.15) is 37.8 Å². The lowest BCUT2D eigenvalue weighted by atomic mass is 9.99. The van der Waals surface area contributed by atoms with Gasteiger partial charge in [-0.05, 0) is 59.7 Å². The Bertz CT molecular complexity index is 679. The zero-order valence-corrected chi connectivity index (χ0v) is 19.3. The minimum absolute atomic E-state index is 0. The predicted molar refractivity (Wildman–Crippen MR) is 126 cm³/mol. The maximum Gasteiger partial charge on any atom is 0.191 e. The van der Waals surface area contributed by atoms with Crippen LogP contribution in [0.5, 0.6) is 0 Å². The first-order valence-corrected chi connectivity index (χ1v) is 10.4. The molecule has 2 aromatic rings. The van der Waals surface area contributed by atoms with E-state index in [9.17, 15) is 0 Å². The van der Waals surface area contributed by atoms with Gasteiger partial charge in [0.05, 0.1) is 6.54 Å². The van der Waals surface area contributed by atoms with Crippen molar-refractivity contribution in [1.29, 1.82) is 0 Å². The largest absolute Gasteiger partial charge is 0.357 e. The van der Waals surface area contributed by atoms with E-state index in [2.05, 4.69) is 68.3 Å². The van der Waals surface area contributed by atoms with Crippen LogP contribution in [0, 0.1) is 5.92 Å². The van der Waals surface area contributed by atoms with Gasteiger partial charge in [0.1, 0.15) is 5.82 Å². The number of pyridine rings is 1. The number of nitrogens with zero attached hydrogens (tertiary/aromatic N) is 3. The van der Waals surface area contributed by atoms with E-state index in [4.69, 9.17) is 0 Å². The number of thiophene rings is 1. The number of anilines is 1. The van der Waals surface area contributed by atoms with Crippen molar-refractivity contribution >= 4 is 47.1 Å². The first kappa shape index (κ1) is 21.9. The second-order valence-corrected chi connectivity index (χ2v) is 7.65. The number of guanidine groups is 1. The molecule has 0 unspecified atom stereocenters. The fraction of sp³-hybridized carbons (Fsp3) is 0.500. The smallest absolute Gasteiger partial charge is 0.191 e. The van der Waals surface area contributed by atoms with E-state index >= 15 is 0 Å². The normalized spacial score (nSPS) is 15.3. The third-order valence-corrected chi connectivity index (χ3v) is 5.45. The Hall–Kier alpha value is -1.35. The molecule has 1 saturated heterocycles. The lowest BCUT2D eigenvalue weighted by molar-refractivity contribution is 0.436. The van der Waals surface area contributed by atoms with Gasteiger partial charge in [-0.2, -0.15) is 11.3 Å². The summed E-state index contributed by atoms with van der Waals surface area (Å²) in [7, 11) is 0. The van der Waals surface area contributed by atoms with Gasteiger partial charge in [0, 0.05) is 32.4 Å². The van der Waals surface area contributed by atoms with E-state index in [0.29, 0.717) is 6.54 Å². The summed E-state index contributed by atoms with van der Waals surface area (Å²) in [5.74, 6) is 2.78. The number of halogens is 1. The van der Waals surface area contributed by atoms with E-state index < -0.39 is 0 Å². The molecule has 0 radical (unpaired) electrons. The summed E-state index contributed by atoms with van der Waals surface area (Å²) >= 11 is 1.71. The Balaban J connectivity index is 0.00000261. The second kappa shape index (κ2) is 11.5. The highest BCUT2D eigenvalue weighted by Crippen LogP contribution is 2.21. The first-order chi connectivity index (χ1) is 12.7. The van der Waals surface area contributed by atoms with Crippen LogP contribution in [0.4, 0.5) is 5.82 Å². The standard InChI is InChI=1S/C20H29N5S.HI/c1-3-21-20(24-14-18-8-11-26-15-18)23-13-17-4-5-19(22-12-17)25-9-6-16(2)7-10-25;/h4-5,8,11-12,15-16H,3,6-7,9-10,13-14H2,1-2H3,(H2,21,23,24);1H. The van der Waals surface area contributed by atoms with Crippen molar-refractivity contribution in [2.75, 3.05) is 24.5 Å². The molecule has 3 heterocycles. The Kier molecular flexibility index (Phi) is 9.33. The third kappa shape index (κ3) is 6.95. The maximum atomic E-state index is 4.66. The quantitative estimate of drug-likeness (QED) is 0.355. The number of piperidine rings is 1. The Morgan fingerprint density at radius 2 is 2.04 bits per heavy atom. The molecule has 3 rings (SSSR count). The highest BCUT2D eigenvalue weighted by Gasteiger charge is 2.16. The summed E-state index contributed by atoms with van der Waals surface area (Å²) in [5, 5.41) is 10.9. The third-order valence-electron chi connectivity index (χ3n) is 4.72. The highest BCUT2D eigenvalue weighted by atomic mass is 127. The van der Waals surface area contributed by atoms with Gasteiger partial charge in [-0.25, -0.2) is 9.98 Å². The average molecular weight is 499 g/mol. The van der Waals surface area contributed by atoms with Crippen molar-refractivity contribution in [2.24, 2.45) is 10.9 Å². The van der Waals surface area contributed by atoms with Crippen LogP contribution in [0.15, 0.2) is 40.1 Å². The summed E-state index contributed by atoms with van der Waals surface area (Å²) in [6.07, 6.45) is 4.50. The monoisotopic (exact) mass is 499 g/mol. The predicted octanol–water partition coefficient (Wildman–Crippen LogP) is 4.25. The van der Waals surface area contributed by atoms with Crippen molar-refractivity contribution in [1.82, 2.24) is 15.6 Å². The topological polar surface area (TPSA) is 52.6 Å². The van der Waals surface area contributed by atoms with Gasteiger partial charge >= 0.3 is 0 Å². The van der Waals surface area contributed by atoms with Crippen LogP contribution in [0.2, 0.25) is 0 Å². The fourth-order valence-corrected chi connectivity index (χ4v) is 3.69. The number of nitrogens with one attached hydrogen (secondary N) is 2. The molecule has 1 fully saturated rings. The molecule has 2 aromatic heterocycles. The zero-order chi connectivity index (χ0) is 18.2. The van der Waals surface area contributed by atoms with Crippen LogP contribution in [0.25, 0.3) is 0 Å². The van der Waals surface area contributed by atoms with Crippen LogP contribution in [-0.2, 0) is 13.1 Å². The van der Waals surface area contributed by atoms with Gasteiger partial charge in [-0.1, -0.05) is 13.0 Å². The number of aliphatic imine (C=N–C) groups is 1. The Labute approximate surface area is 183 Å². The molecule has 1 aliphatic rings. The highest BCUT2D eigenvalue weighted by molar-refractivity contribution is 14.0. The molecule has 0 saturated carbocycles. The SMILES string of the molecule is CCNC(=NCc1ccsc1)NCc1ccc(N2CCC(C)CC2)nc1.I. The molecular weight excluding hydrogens is 469 g/mol. The zero-order valence-electron chi connectivity index (χ0n) is 16.1. The van der Waals surface area contributed by atoms with Gasteiger partial charge in [0.2, 0.25) is 0 Å². The van der Waals surface area contributed by atoms with Gasteiger partial charge in [0.15, 0.2) is 5.96 Å². The van der Waals surface area contributed by atoms with E-state index in [1.165, 1.54) is 24.0 Å². The van der Waals surface area contributed by atoms with E-state index in [0.717, 1.165) is 43.9 Å². The maximum absolute atomic E-state index is 4.66. The molecular formula is C20H30IN5S. The van der Waals surface area contributed by atoms with Gasteiger partial charge in [0.25, 0.3) is 0 Å². The number of rotatable bonds is 6. The number of hydrogen-bond acceptors (Lipinski definition) is 4. The van der Waals surface area contributed by atoms with Crippen molar-refractivity contribution in [2.45, 2.75) is 39.8 Å². The van der Waals surface area contributed by atoms with Gasteiger partial charge in [-0.3, -0.25) is 0 Å². The van der Waals surface area contributed by atoms with Crippen molar-refractivity contribution < 1.29 is 0 Å². The van der Waals surface area contributed by atoms with Crippen LogP contribution < -0.4 is 15.5 Å². The van der Waals surface area contributed by atoms with E-state index in [1.54, 1.807) is 11.3 Å². The average Bonchev–Trinajstić information content (AvgIpc) is 3.19. The summed E-state index contributed by atoms with van der Waals surface area (Å²) in [6.45, 7) is 8.92. The lowest BCUT2D eigenvalue weighted by Gasteiger charge is -2.31. The fourth-order valence-electron chi connectivity index (χ4n) is 3.03. The first-order valence-electron chi connectivity index (χ1n) is 9.47. The molecule has 148 valence electrons. The number of hydrogen-bond donors (Lipinski definition) is 2. The molecule has 0 aromatic carbocycles. The van der Waals surface area contributed by atoms with Crippen LogP contribution >= 0.6 is 35.3 Å². The van der Waals surface area contributed by atoms with E-state index in [-0.39, 0.29) is 24.0 Å². The lowest BCUT2D eigenvalue weighted by Crippen LogP contribution is -2.37. The summed E-state index contributed by atoms with van der Waals surface area (Å²) in [4.78, 5) is 11.7. The molecule has 5 nitrogen and oxygen atoms in total. The molecule has 1 aliphatic heterocycles. The van der Waals surface area contributed by atoms with Crippen molar-refractivity contribution in [3.63, 3.8) is 0 Å². The van der Waals surface area contributed by atoms with Crippen LogP contribution in [0.3, 0.4) is 0 Å². The summed E-state index contributed by atoms with van der Waals surface area (Å²) in [5.41, 5.74) is 2.41. The van der Waals surface area contributed by atoms with Crippen LogP contribution in [-0.4, -0.2) is 30.6 Å². The molecule has 27 heavy (non-hydrogen) atoms. The van der Waals surface area contributed by atoms with E-state index in [1.807, 2.05) is 6.20 Å². The molecule has 0 aliphatic carbocycles. The van der Waals surface area contributed by atoms with Crippen molar-refractivity contribution in [3.8, 4) is 0 Å². The van der Waals surface area contributed by atoms with Gasteiger partial charge in [-0.15, -0.1) is 24.0 Å². The second-order valence-electron chi connectivity index (χ2n) is 6.87. The molecule has 7 heteroatoms. The van der Waals surface area contributed by atoms with Crippen molar-refractivity contribution in [3.05, 3.63) is 46.3 Å². The molecule has 0 amide bonds. The minimum Gasteiger partial charge on any atom is -0.357 e. The summed E-state index contributed by atoms with van der Waals surface area (Å²) in [6, 6.07) is 6.42. The Morgan fingerprint density at radius 1 is 1.22 bits per heavy atom. The molecule has 0 atom stereocenters. The molecule has 2 N–H and O–H groups in total. The molecule has 0 spiro atoms. The minimum atomic E-state index is 0. The van der Waals surface area contributed by atoms with Gasteiger partial charge < -0.3 is 15.5 Å². The Morgan fingerprint density at radius 3 is 2.67 bits per heavy atom. The number of aromatic nitrogens is 1. The molecule has 0 bridgehead atoms. The summed E-state index contributed by atoms with van der Waals surface area (Å²) < 4.78 is 0.